The van der Waals surface area contributed by atoms with Crippen molar-refractivity contribution in [3.63, 3.8) is 0 Å². The van der Waals surface area contributed by atoms with Gasteiger partial charge in [-0.15, -0.1) is 89.0 Å². The molecule has 0 aliphatic rings. The van der Waals surface area contributed by atoms with Crippen molar-refractivity contribution in [2.75, 3.05) is 0 Å². The molecule has 0 N–H and O–H groups in total. The van der Waals surface area contributed by atoms with E-state index in [1.165, 1.54) is 67.0 Å². The molecule has 45 heavy (non-hydrogen) atoms. The minimum absolute atomic E-state index is 0. The number of aryl methyl sites for hydroxylation is 1. The number of rotatable bonds is 1. The van der Waals surface area contributed by atoms with E-state index < -0.39 is 0 Å². The number of pyridine rings is 1. The number of nitrogens with zero attached hydrogens (tertiary/aromatic N) is 1. The van der Waals surface area contributed by atoms with Crippen LogP contribution >= 0.6 is 24.8 Å². The first-order chi connectivity index (χ1) is 21.3. The van der Waals surface area contributed by atoms with Gasteiger partial charge in [0.05, 0.1) is 5.52 Å². The predicted molar refractivity (Wildman–Crippen MR) is 195 cm³/mol. The fraction of sp³-hybridized carbons (Fsp3) is 0.0250. The molecule has 1 aromatic heterocycles. The van der Waals surface area contributed by atoms with E-state index >= 15 is 0 Å². The Morgan fingerprint density at radius 3 is 1.82 bits per heavy atom. The smallest absolute Gasteiger partial charge is 0.0809 e. The molecule has 0 amide bonds. The minimum Gasteiger partial charge on any atom is -0.184 e. The molecule has 0 aliphatic carbocycles. The second kappa shape index (κ2) is 21.2. The zero-order valence-corrected chi connectivity index (χ0v) is 30.0. The third kappa shape index (κ3) is 11.7. The van der Waals surface area contributed by atoms with Crippen molar-refractivity contribution in [2.24, 2.45) is 0 Å². The fourth-order valence-corrected chi connectivity index (χ4v) is 4.61. The molecule has 7 aromatic carbocycles. The van der Waals surface area contributed by atoms with Crippen molar-refractivity contribution in [1.82, 2.24) is 4.98 Å². The van der Waals surface area contributed by atoms with Crippen molar-refractivity contribution in [1.29, 1.82) is 0 Å². The van der Waals surface area contributed by atoms with Gasteiger partial charge in [0, 0.05) is 11.6 Å². The van der Waals surface area contributed by atoms with Crippen LogP contribution in [-0.4, -0.2) is 11.9 Å². The average molecular weight is 718 g/mol. The quantitative estimate of drug-likeness (QED) is 0.122. The van der Waals surface area contributed by atoms with Crippen LogP contribution in [0.4, 0.5) is 0 Å². The van der Waals surface area contributed by atoms with Crippen LogP contribution in [0.3, 0.4) is 0 Å². The van der Waals surface area contributed by atoms with Gasteiger partial charge in [0.2, 0.25) is 0 Å². The van der Waals surface area contributed by atoms with E-state index in [-0.39, 0.29) is 24.8 Å². The maximum absolute atomic E-state index is 4.57. The van der Waals surface area contributed by atoms with Gasteiger partial charge in [-0.1, -0.05) is 42.8 Å². The largest absolute Gasteiger partial charge is 0.184 e. The van der Waals surface area contributed by atoms with Crippen LogP contribution in [0.1, 0.15) is 5.56 Å². The van der Waals surface area contributed by atoms with Gasteiger partial charge in [0.25, 0.3) is 0 Å². The number of fused-ring (bicyclic) bond motifs is 3. The Kier molecular flexibility index (Phi) is 17.7. The second-order valence-electron chi connectivity index (χ2n) is 9.57. The predicted octanol–water partition coefficient (Wildman–Crippen LogP) is 11.1. The summed E-state index contributed by atoms with van der Waals surface area (Å²) < 4.78 is 0. The average Bonchev–Trinajstić information content (AvgIpc) is 3.74. The maximum Gasteiger partial charge on any atom is -0.0809 e. The number of aromatic nitrogens is 1. The van der Waals surface area contributed by atoms with Crippen LogP contribution in [0.2, 0.25) is 0 Å². The van der Waals surface area contributed by atoms with E-state index in [0.29, 0.717) is 0 Å². The van der Waals surface area contributed by atoms with Crippen molar-refractivity contribution < 1.29 is 23.3 Å². The zero-order chi connectivity index (χ0) is 30.1. The van der Waals surface area contributed by atoms with Crippen LogP contribution in [0.15, 0.2) is 170 Å². The van der Waals surface area contributed by atoms with Gasteiger partial charge in [0.1, 0.15) is 0 Å². The molecule has 0 saturated carbocycles. The summed E-state index contributed by atoms with van der Waals surface area (Å²) in [5.41, 5.74) is 4.79. The molecule has 2 radical (unpaired) electrons. The summed E-state index contributed by atoms with van der Waals surface area (Å²) in [6, 6.07) is 61.1. The van der Waals surface area contributed by atoms with Gasteiger partial charge in [-0.25, -0.2) is 0 Å². The minimum atomic E-state index is 0. The van der Waals surface area contributed by atoms with Crippen LogP contribution in [0.25, 0.3) is 43.6 Å². The Morgan fingerprint density at radius 2 is 1.22 bits per heavy atom. The first-order valence-corrected chi connectivity index (χ1v) is 18.2. The summed E-state index contributed by atoms with van der Waals surface area (Å²) in [7, 11) is 0. The van der Waals surface area contributed by atoms with E-state index in [4.69, 9.17) is 0 Å². The summed E-state index contributed by atoms with van der Waals surface area (Å²) in [6.45, 7) is 5.20. The molecule has 224 valence electrons. The van der Waals surface area contributed by atoms with Gasteiger partial charge < -0.3 is 0 Å². The molecule has 0 bridgehead atoms. The molecule has 1 heterocycles. The second-order valence-corrected chi connectivity index (χ2v) is 9.57. The molecule has 8 rings (SSSR count). The van der Waals surface area contributed by atoms with Crippen LogP contribution in [0.5, 0.6) is 0 Å². The summed E-state index contributed by atoms with van der Waals surface area (Å²) in [4.78, 5) is 4.57. The Morgan fingerprint density at radius 1 is 0.622 bits per heavy atom. The normalized spacial score (nSPS) is 9.24. The first kappa shape index (κ1) is 37.6. The number of halogens is 2. The molecule has 0 atom stereocenters. The van der Waals surface area contributed by atoms with Crippen LogP contribution < -0.4 is 0 Å². The Bertz CT molecular complexity index is 1820. The summed E-state index contributed by atoms with van der Waals surface area (Å²) in [5, 5.41) is 6.45. The monoisotopic (exact) mass is 715 g/mol. The Balaban J connectivity index is 0.000000234. The van der Waals surface area contributed by atoms with Crippen molar-refractivity contribution in [3.8, 4) is 11.1 Å². The zero-order valence-electron chi connectivity index (χ0n) is 24.9. The standard InChI is InChI=1S/C19H14N.C9H7.2C6H5.2ClH.Si.Zr/c1-13-9-14-6-4-7-17(18(14)10-13)16-11-15-5-2-3-8-19(15)20-12-16;1-2-5-9-7-3-6-8(9)4-1;2*1-2-4-6-5-3-1;;;;/h2-12H,1H3;1-7H;2*1-5H;2*1H;;/q4*-1;;;;. The van der Waals surface area contributed by atoms with E-state index in [9.17, 15) is 0 Å². The van der Waals surface area contributed by atoms with E-state index in [2.05, 4.69) is 122 Å². The number of hydrogen-bond donors (Lipinski definition) is 0. The van der Waals surface area contributed by atoms with E-state index in [0.717, 1.165) is 5.52 Å². The fourth-order valence-electron chi connectivity index (χ4n) is 4.61. The van der Waals surface area contributed by atoms with Crippen molar-refractivity contribution in [3.05, 3.63) is 188 Å². The van der Waals surface area contributed by atoms with Gasteiger partial charge in [0.15, 0.2) is 0 Å². The molecule has 0 spiro atoms. The third-order valence-electron chi connectivity index (χ3n) is 6.56. The molecule has 0 fully saturated rings. The number of para-hydroxylation sites is 1. The van der Waals surface area contributed by atoms with Gasteiger partial charge in [-0.05, 0) is 17.7 Å². The van der Waals surface area contributed by atoms with Crippen molar-refractivity contribution >= 4 is 64.1 Å². The first-order valence-electron chi connectivity index (χ1n) is 14.0. The third-order valence-corrected chi connectivity index (χ3v) is 6.56. The maximum atomic E-state index is 4.57. The van der Waals surface area contributed by atoms with Crippen LogP contribution in [0, 0.1) is 19.1 Å². The Hall–Kier alpha value is -3.59. The molecular weight excluding hydrogens is 685 g/mol. The number of hydrogen-bond acceptors (Lipinski definition) is 1. The molecule has 0 aliphatic heterocycles. The summed E-state index contributed by atoms with van der Waals surface area (Å²) in [5.74, 6) is 0. The van der Waals surface area contributed by atoms with Crippen molar-refractivity contribution in [2.45, 2.75) is 6.92 Å². The SMILES string of the molecule is Cc1cc2c(-c3cnc4ccccc4c3)cccc2[cH-]1.Cl.Cl.[Si]=[Zr].[c-]1ccccc1.[c-]1ccccc1.c1ccc2[cH-]ccc2c1. The number of benzene rings is 5. The Labute approximate surface area is 296 Å². The van der Waals surface area contributed by atoms with Gasteiger partial charge in [-0.3, -0.25) is 4.98 Å². The van der Waals surface area contributed by atoms with Crippen LogP contribution in [-0.2, 0) is 23.3 Å². The van der Waals surface area contributed by atoms with Gasteiger partial charge in [-0.2, -0.15) is 96.4 Å². The molecule has 0 saturated heterocycles. The molecule has 1 nitrogen and oxygen atoms in total. The topological polar surface area (TPSA) is 12.9 Å². The summed E-state index contributed by atoms with van der Waals surface area (Å²) in [6.07, 6.45) is 1.97. The molecular formula is C40H33Cl2NSiZr-4. The van der Waals surface area contributed by atoms with Gasteiger partial charge >= 0.3 is 30.2 Å². The molecule has 0 unspecified atom stereocenters. The molecule has 5 heteroatoms. The molecule has 8 aromatic rings. The summed E-state index contributed by atoms with van der Waals surface area (Å²) >= 11 is 1.36. The van der Waals surface area contributed by atoms with E-state index in [1.54, 1.807) is 0 Å². The van der Waals surface area contributed by atoms with E-state index in [1.807, 2.05) is 79.0 Å².